The van der Waals surface area contributed by atoms with Crippen LogP contribution >= 0.6 is 0 Å². The van der Waals surface area contributed by atoms with Crippen molar-refractivity contribution in [3.05, 3.63) is 24.9 Å². The summed E-state index contributed by atoms with van der Waals surface area (Å²) in [6.45, 7) is 7.76. The minimum Gasteiger partial charge on any atom is -0.310 e. The maximum Gasteiger partial charge on any atom is 0.242 e. The molecule has 3 heterocycles. The van der Waals surface area contributed by atoms with Gasteiger partial charge in [0.15, 0.2) is 0 Å². The molecule has 0 bridgehead atoms. The number of hydrogen-bond donors (Lipinski definition) is 1. The minimum atomic E-state index is -0.204. The molecule has 1 saturated heterocycles. The Bertz CT molecular complexity index is 679. The quantitative estimate of drug-likeness (QED) is 0.865. The van der Waals surface area contributed by atoms with E-state index in [-0.39, 0.29) is 18.0 Å². The van der Waals surface area contributed by atoms with E-state index >= 15 is 0 Å². The standard InChI is InChI=1S/C17H27N7O/c1-13(2)24-16(7-8-19-24)21-17(25)14(3)23-9-5-4-6-15(23)10-22-12-18-11-20-22/h7-8,11-15H,4-6,9-10H2,1-3H3,(H,21,25)/t14-,15-/m0/s1. The van der Waals surface area contributed by atoms with Gasteiger partial charge in [-0.2, -0.15) is 10.2 Å². The third-order valence-electron chi connectivity index (χ3n) is 4.82. The lowest BCUT2D eigenvalue weighted by atomic mass is 9.99. The molecule has 3 rings (SSSR count). The Balaban J connectivity index is 1.67. The summed E-state index contributed by atoms with van der Waals surface area (Å²) >= 11 is 0. The first kappa shape index (κ1) is 17.6. The number of nitrogens with zero attached hydrogens (tertiary/aromatic N) is 6. The molecule has 1 fully saturated rings. The van der Waals surface area contributed by atoms with Crippen LogP contribution < -0.4 is 5.32 Å². The van der Waals surface area contributed by atoms with Gasteiger partial charge in [-0.3, -0.25) is 14.4 Å². The molecular formula is C17H27N7O. The number of anilines is 1. The van der Waals surface area contributed by atoms with Crippen LogP contribution in [0.3, 0.4) is 0 Å². The predicted octanol–water partition coefficient (Wildman–Crippen LogP) is 1.94. The van der Waals surface area contributed by atoms with Crippen molar-refractivity contribution in [2.75, 3.05) is 11.9 Å². The average molecular weight is 345 g/mol. The Kier molecular flexibility index (Phi) is 5.47. The van der Waals surface area contributed by atoms with Crippen LogP contribution in [0, 0.1) is 0 Å². The molecule has 8 nitrogen and oxygen atoms in total. The Hall–Kier alpha value is -2.22. The summed E-state index contributed by atoms with van der Waals surface area (Å²) in [5.41, 5.74) is 0. The molecule has 1 amide bonds. The van der Waals surface area contributed by atoms with Crippen molar-refractivity contribution in [2.24, 2.45) is 0 Å². The van der Waals surface area contributed by atoms with Gasteiger partial charge in [0.2, 0.25) is 5.91 Å². The number of rotatable bonds is 6. The zero-order valence-electron chi connectivity index (χ0n) is 15.2. The van der Waals surface area contributed by atoms with Gasteiger partial charge >= 0.3 is 0 Å². The van der Waals surface area contributed by atoms with Crippen LogP contribution in [0.4, 0.5) is 5.82 Å². The van der Waals surface area contributed by atoms with E-state index in [1.165, 1.54) is 6.42 Å². The third kappa shape index (κ3) is 4.07. The van der Waals surface area contributed by atoms with Crippen LogP contribution in [0.2, 0.25) is 0 Å². The fourth-order valence-corrected chi connectivity index (χ4v) is 3.48. The number of aromatic nitrogens is 5. The lowest BCUT2D eigenvalue weighted by molar-refractivity contribution is -0.122. The van der Waals surface area contributed by atoms with E-state index in [4.69, 9.17) is 0 Å². The van der Waals surface area contributed by atoms with Crippen LogP contribution in [-0.4, -0.2) is 54.0 Å². The molecule has 0 saturated carbocycles. The van der Waals surface area contributed by atoms with E-state index in [1.807, 2.05) is 36.2 Å². The molecule has 0 aliphatic carbocycles. The summed E-state index contributed by atoms with van der Waals surface area (Å²) in [5.74, 6) is 0.754. The second-order valence-corrected chi connectivity index (χ2v) is 6.92. The molecule has 1 N–H and O–H groups in total. The molecule has 25 heavy (non-hydrogen) atoms. The highest BCUT2D eigenvalue weighted by Crippen LogP contribution is 2.22. The van der Waals surface area contributed by atoms with Gasteiger partial charge in [-0.25, -0.2) is 9.67 Å². The third-order valence-corrected chi connectivity index (χ3v) is 4.82. The molecule has 0 radical (unpaired) electrons. The van der Waals surface area contributed by atoms with Crippen LogP contribution in [0.15, 0.2) is 24.9 Å². The summed E-state index contributed by atoms with van der Waals surface area (Å²) in [6, 6.07) is 2.14. The zero-order chi connectivity index (χ0) is 17.8. The summed E-state index contributed by atoms with van der Waals surface area (Å²) < 4.78 is 3.68. The molecule has 8 heteroatoms. The second-order valence-electron chi connectivity index (χ2n) is 6.92. The SMILES string of the molecule is CC(C)n1nccc1NC(=O)[C@H](C)N1CCCC[C@H]1Cn1cncn1. The number of hydrogen-bond acceptors (Lipinski definition) is 5. The number of likely N-dealkylation sites (tertiary alicyclic amines) is 1. The largest absolute Gasteiger partial charge is 0.310 e. The van der Waals surface area contributed by atoms with Crippen LogP contribution in [0.25, 0.3) is 0 Å². The Morgan fingerprint density at radius 1 is 1.32 bits per heavy atom. The first-order valence-corrected chi connectivity index (χ1v) is 8.99. The molecule has 0 spiro atoms. The van der Waals surface area contributed by atoms with Crippen LogP contribution in [0.1, 0.15) is 46.1 Å². The van der Waals surface area contributed by atoms with E-state index < -0.39 is 0 Å². The first-order valence-electron chi connectivity index (χ1n) is 8.99. The van der Waals surface area contributed by atoms with E-state index in [0.717, 1.165) is 31.7 Å². The summed E-state index contributed by atoms with van der Waals surface area (Å²) in [6.07, 6.45) is 8.38. The smallest absolute Gasteiger partial charge is 0.242 e. The van der Waals surface area contributed by atoms with Gasteiger partial charge in [-0.15, -0.1) is 0 Å². The van der Waals surface area contributed by atoms with E-state index in [1.54, 1.807) is 18.9 Å². The van der Waals surface area contributed by atoms with Crippen molar-refractivity contribution < 1.29 is 4.79 Å². The molecule has 2 aromatic rings. The molecule has 0 aromatic carbocycles. The van der Waals surface area contributed by atoms with Crippen molar-refractivity contribution >= 4 is 11.7 Å². The molecule has 1 aliphatic heterocycles. The highest BCUT2D eigenvalue weighted by molar-refractivity contribution is 5.93. The maximum atomic E-state index is 12.8. The van der Waals surface area contributed by atoms with Crippen molar-refractivity contribution in [3.63, 3.8) is 0 Å². The molecule has 2 atom stereocenters. The van der Waals surface area contributed by atoms with Gasteiger partial charge in [-0.05, 0) is 40.2 Å². The number of piperidine rings is 1. The maximum absolute atomic E-state index is 12.8. The molecular weight excluding hydrogens is 318 g/mol. The lowest BCUT2D eigenvalue weighted by Crippen LogP contribution is -2.51. The number of nitrogens with one attached hydrogen (secondary N) is 1. The minimum absolute atomic E-state index is 0.00731. The average Bonchev–Trinajstić information content (AvgIpc) is 3.26. The lowest BCUT2D eigenvalue weighted by Gasteiger charge is -2.39. The predicted molar refractivity (Wildman–Crippen MR) is 95.1 cm³/mol. The molecule has 1 aliphatic rings. The van der Waals surface area contributed by atoms with Gasteiger partial charge in [0.25, 0.3) is 0 Å². The fraction of sp³-hybridized carbons (Fsp3) is 0.647. The van der Waals surface area contributed by atoms with Gasteiger partial charge in [-0.1, -0.05) is 6.42 Å². The summed E-state index contributed by atoms with van der Waals surface area (Å²) in [7, 11) is 0. The van der Waals surface area contributed by atoms with E-state index in [9.17, 15) is 4.79 Å². The summed E-state index contributed by atoms with van der Waals surface area (Å²) in [5, 5.41) is 11.5. The second kappa shape index (κ2) is 7.77. The Labute approximate surface area is 148 Å². The molecule has 2 aromatic heterocycles. The van der Waals surface area contributed by atoms with Crippen molar-refractivity contribution in [1.82, 2.24) is 29.4 Å². The number of amides is 1. The molecule has 136 valence electrons. The zero-order valence-corrected chi connectivity index (χ0v) is 15.2. The van der Waals surface area contributed by atoms with E-state index in [2.05, 4.69) is 25.4 Å². The van der Waals surface area contributed by atoms with Crippen molar-refractivity contribution in [2.45, 2.75) is 64.7 Å². The van der Waals surface area contributed by atoms with Gasteiger partial charge < -0.3 is 5.32 Å². The van der Waals surface area contributed by atoms with Crippen molar-refractivity contribution in [3.8, 4) is 0 Å². The molecule has 0 unspecified atom stereocenters. The number of carbonyl (C=O) groups excluding carboxylic acids is 1. The summed E-state index contributed by atoms with van der Waals surface area (Å²) in [4.78, 5) is 19.1. The van der Waals surface area contributed by atoms with Gasteiger partial charge in [0.1, 0.15) is 18.5 Å². The van der Waals surface area contributed by atoms with E-state index in [0.29, 0.717) is 6.04 Å². The van der Waals surface area contributed by atoms with Gasteiger partial charge in [0.05, 0.1) is 18.8 Å². The van der Waals surface area contributed by atoms with Crippen LogP contribution in [0.5, 0.6) is 0 Å². The highest BCUT2D eigenvalue weighted by atomic mass is 16.2. The Morgan fingerprint density at radius 2 is 2.16 bits per heavy atom. The van der Waals surface area contributed by atoms with Crippen LogP contribution in [-0.2, 0) is 11.3 Å². The monoisotopic (exact) mass is 345 g/mol. The fourth-order valence-electron chi connectivity index (χ4n) is 3.48. The van der Waals surface area contributed by atoms with Crippen molar-refractivity contribution in [1.29, 1.82) is 0 Å². The Morgan fingerprint density at radius 3 is 2.88 bits per heavy atom. The first-order chi connectivity index (χ1) is 12.1. The normalized spacial score (nSPS) is 19.9. The van der Waals surface area contributed by atoms with Gasteiger partial charge in [0, 0.05) is 18.2 Å². The topological polar surface area (TPSA) is 80.9 Å². The number of carbonyl (C=O) groups is 1. The highest BCUT2D eigenvalue weighted by Gasteiger charge is 2.31.